The van der Waals surface area contributed by atoms with Gasteiger partial charge in [0.25, 0.3) is 11.8 Å². The number of aromatic nitrogens is 2. The maximum atomic E-state index is 12.5. The summed E-state index contributed by atoms with van der Waals surface area (Å²) in [5, 5.41) is 11.6. The Morgan fingerprint density at radius 2 is 1.37 bits per heavy atom. The molecule has 0 atom stereocenters. The number of nitrogens with zero attached hydrogens (tertiary/aromatic N) is 2. The van der Waals surface area contributed by atoms with Crippen LogP contribution in [0.25, 0.3) is 0 Å². The van der Waals surface area contributed by atoms with Gasteiger partial charge >= 0.3 is 0 Å². The number of carbonyl (C=O) groups excluding carboxylic acids is 2. The molecule has 0 spiro atoms. The van der Waals surface area contributed by atoms with E-state index in [1.807, 2.05) is 13.8 Å². The van der Waals surface area contributed by atoms with Crippen molar-refractivity contribution in [1.29, 1.82) is 0 Å². The molecule has 0 aromatic carbocycles. The lowest BCUT2D eigenvalue weighted by atomic mass is 10.3. The number of hydrogen-bond acceptors (Lipinski definition) is 8. The third-order valence-electron chi connectivity index (χ3n) is 3.43. The van der Waals surface area contributed by atoms with Gasteiger partial charge in [0, 0.05) is 39.8 Å². The van der Waals surface area contributed by atoms with Crippen molar-refractivity contribution in [2.75, 3.05) is 57.1 Å². The average molecular weight is 381 g/mol. The summed E-state index contributed by atoms with van der Waals surface area (Å²) in [7, 11) is 1.56. The Bertz CT molecular complexity index is 610. The maximum Gasteiger partial charge on any atom is 0.273 e. The predicted molar refractivity (Wildman–Crippen MR) is 105 cm³/mol. The Hall–Kier alpha value is -2.46. The van der Waals surface area contributed by atoms with Crippen LogP contribution in [0.4, 0.5) is 11.6 Å². The van der Waals surface area contributed by atoms with E-state index >= 15 is 0 Å². The highest BCUT2D eigenvalue weighted by molar-refractivity contribution is 6.01. The van der Waals surface area contributed by atoms with Gasteiger partial charge in [-0.05, 0) is 12.8 Å². The lowest BCUT2D eigenvalue weighted by Gasteiger charge is -2.16. The third kappa shape index (κ3) is 7.35. The molecule has 0 unspecified atom stereocenters. The van der Waals surface area contributed by atoms with Crippen molar-refractivity contribution < 1.29 is 14.3 Å². The Kier molecular flexibility index (Phi) is 10.7. The van der Waals surface area contributed by atoms with E-state index in [-0.39, 0.29) is 28.9 Å². The van der Waals surface area contributed by atoms with Crippen molar-refractivity contribution in [3.8, 4) is 0 Å². The maximum absolute atomic E-state index is 12.5. The van der Waals surface area contributed by atoms with E-state index in [1.54, 1.807) is 7.11 Å². The zero-order valence-electron chi connectivity index (χ0n) is 16.4. The lowest BCUT2D eigenvalue weighted by Crippen LogP contribution is -2.33. The molecule has 1 heterocycles. The van der Waals surface area contributed by atoms with Crippen molar-refractivity contribution in [3.05, 3.63) is 11.4 Å². The van der Waals surface area contributed by atoms with Crippen LogP contribution < -0.4 is 27.0 Å². The van der Waals surface area contributed by atoms with Gasteiger partial charge in [-0.1, -0.05) is 13.8 Å². The molecule has 0 aliphatic carbocycles. The first-order valence-electron chi connectivity index (χ1n) is 9.24. The summed E-state index contributed by atoms with van der Waals surface area (Å²) in [6.07, 6.45) is 1.66. The summed E-state index contributed by atoms with van der Waals surface area (Å²) in [6, 6.07) is 0. The normalized spacial score (nSPS) is 10.4. The van der Waals surface area contributed by atoms with Crippen LogP contribution in [0.1, 0.15) is 47.7 Å². The number of methoxy groups -OCH3 is 1. The molecule has 0 bridgehead atoms. The number of ether oxygens (including phenoxy) is 1. The monoisotopic (exact) mass is 381 g/mol. The van der Waals surface area contributed by atoms with Crippen LogP contribution in [-0.4, -0.2) is 68.2 Å². The fourth-order valence-corrected chi connectivity index (χ4v) is 2.11. The van der Waals surface area contributed by atoms with Gasteiger partial charge in [-0.25, -0.2) is 9.97 Å². The topological polar surface area (TPSA) is 143 Å². The molecule has 152 valence electrons. The van der Waals surface area contributed by atoms with Crippen molar-refractivity contribution in [2.24, 2.45) is 5.73 Å². The smallest absolute Gasteiger partial charge is 0.273 e. The van der Waals surface area contributed by atoms with Gasteiger partial charge in [0.2, 0.25) is 0 Å². The largest absolute Gasteiger partial charge is 0.383 e. The van der Waals surface area contributed by atoms with Gasteiger partial charge in [0.05, 0.1) is 6.61 Å². The highest BCUT2D eigenvalue weighted by atomic mass is 16.5. The van der Waals surface area contributed by atoms with Crippen molar-refractivity contribution in [1.82, 2.24) is 20.6 Å². The Morgan fingerprint density at radius 1 is 0.889 bits per heavy atom. The number of rotatable bonds is 13. The number of amides is 2. The molecule has 0 saturated carbocycles. The van der Waals surface area contributed by atoms with E-state index in [4.69, 9.17) is 10.5 Å². The number of anilines is 2. The van der Waals surface area contributed by atoms with Crippen molar-refractivity contribution >= 4 is 23.5 Å². The molecule has 10 heteroatoms. The fraction of sp³-hybridized carbons (Fsp3) is 0.647. The summed E-state index contributed by atoms with van der Waals surface area (Å²) in [5.74, 6) is -0.235. The molecule has 2 amide bonds. The molecule has 27 heavy (non-hydrogen) atoms. The van der Waals surface area contributed by atoms with Gasteiger partial charge in [-0.3, -0.25) is 9.59 Å². The molecular weight excluding hydrogens is 350 g/mol. The van der Waals surface area contributed by atoms with Gasteiger partial charge < -0.3 is 31.7 Å². The Balaban J connectivity index is 3.24. The Morgan fingerprint density at radius 3 is 1.78 bits per heavy atom. The van der Waals surface area contributed by atoms with Gasteiger partial charge in [0.1, 0.15) is 0 Å². The van der Waals surface area contributed by atoms with Crippen LogP contribution in [0.15, 0.2) is 0 Å². The van der Waals surface area contributed by atoms with Crippen LogP contribution in [0, 0.1) is 0 Å². The van der Waals surface area contributed by atoms with Crippen molar-refractivity contribution in [3.63, 3.8) is 0 Å². The Labute approximate surface area is 160 Å². The van der Waals surface area contributed by atoms with Crippen LogP contribution >= 0.6 is 0 Å². The average Bonchev–Trinajstić information content (AvgIpc) is 2.68. The minimum Gasteiger partial charge on any atom is -0.383 e. The summed E-state index contributed by atoms with van der Waals surface area (Å²) in [6.45, 7) is 6.55. The predicted octanol–water partition coefficient (Wildman–Crippen LogP) is 0.185. The number of nitrogens with two attached hydrogens (primary N) is 1. The molecule has 1 rings (SSSR count). The van der Waals surface area contributed by atoms with Crippen LogP contribution in [0.2, 0.25) is 0 Å². The highest BCUT2D eigenvalue weighted by Gasteiger charge is 2.22. The van der Waals surface area contributed by atoms with Gasteiger partial charge in [-0.15, -0.1) is 0 Å². The second kappa shape index (κ2) is 12.8. The first kappa shape index (κ1) is 22.6. The molecule has 0 radical (unpaired) electrons. The number of carbonyl (C=O) groups is 2. The fourth-order valence-electron chi connectivity index (χ4n) is 2.11. The first-order chi connectivity index (χ1) is 13.1. The minimum absolute atomic E-state index is 0.129. The third-order valence-corrected chi connectivity index (χ3v) is 3.43. The molecule has 6 N–H and O–H groups in total. The lowest BCUT2D eigenvalue weighted by molar-refractivity contribution is 0.0925. The second-order valence-corrected chi connectivity index (χ2v) is 5.76. The summed E-state index contributed by atoms with van der Waals surface area (Å²) in [4.78, 5) is 33.8. The van der Waals surface area contributed by atoms with Crippen LogP contribution in [-0.2, 0) is 4.74 Å². The highest BCUT2D eigenvalue weighted by Crippen LogP contribution is 2.18. The second-order valence-electron chi connectivity index (χ2n) is 5.76. The summed E-state index contributed by atoms with van der Waals surface area (Å²) in [5.41, 5.74) is 5.71. The summed E-state index contributed by atoms with van der Waals surface area (Å²) < 4.78 is 4.95. The van der Waals surface area contributed by atoms with E-state index in [1.165, 1.54) is 0 Å². The van der Waals surface area contributed by atoms with Gasteiger partial charge in [0.15, 0.2) is 23.0 Å². The van der Waals surface area contributed by atoms with Crippen molar-refractivity contribution in [2.45, 2.75) is 26.7 Å². The van der Waals surface area contributed by atoms with Gasteiger partial charge in [-0.2, -0.15) is 0 Å². The summed E-state index contributed by atoms with van der Waals surface area (Å²) >= 11 is 0. The first-order valence-corrected chi connectivity index (χ1v) is 9.24. The SMILES string of the molecule is CCCNc1nc(C(=O)NCCOC)c(NCCC)nc1C(=O)NCCN. The van der Waals surface area contributed by atoms with E-state index in [9.17, 15) is 9.59 Å². The molecule has 1 aromatic rings. The quantitative estimate of drug-likeness (QED) is 0.305. The molecule has 0 aliphatic rings. The zero-order valence-corrected chi connectivity index (χ0v) is 16.4. The molecule has 10 nitrogen and oxygen atoms in total. The zero-order chi connectivity index (χ0) is 20.1. The van der Waals surface area contributed by atoms with E-state index in [0.717, 1.165) is 12.8 Å². The minimum atomic E-state index is -0.391. The number of nitrogens with one attached hydrogen (secondary N) is 4. The van der Waals surface area contributed by atoms with E-state index in [0.29, 0.717) is 39.3 Å². The molecular formula is C17H31N7O3. The molecule has 0 saturated heterocycles. The molecule has 0 fully saturated rings. The van der Waals surface area contributed by atoms with E-state index in [2.05, 4.69) is 31.2 Å². The van der Waals surface area contributed by atoms with E-state index < -0.39 is 5.91 Å². The molecule has 0 aliphatic heterocycles. The molecule has 1 aromatic heterocycles. The van der Waals surface area contributed by atoms with Crippen LogP contribution in [0.5, 0.6) is 0 Å². The number of hydrogen-bond donors (Lipinski definition) is 5. The van der Waals surface area contributed by atoms with Crippen LogP contribution in [0.3, 0.4) is 0 Å². The standard InChI is InChI=1S/C17H31N7O3/c1-4-7-19-14-12(16(25)21-9-6-18)23-15(20-8-5-2)13(24-14)17(26)22-10-11-27-3/h4-11,18H2,1-3H3,(H,19,24)(H,20,23)(H,21,25)(H,22,26).